The number of likely N-dealkylation sites (N-methyl/N-ethyl adjacent to an activating group) is 1. The third-order valence-electron chi connectivity index (χ3n) is 5.25. The maximum absolute atomic E-state index is 14.7. The molecule has 0 bridgehead atoms. The van der Waals surface area contributed by atoms with E-state index < -0.39 is 0 Å². The van der Waals surface area contributed by atoms with E-state index in [0.29, 0.717) is 41.9 Å². The van der Waals surface area contributed by atoms with Gasteiger partial charge in [0.25, 0.3) is 0 Å². The molecule has 3 aromatic rings. The van der Waals surface area contributed by atoms with Crippen LogP contribution in [0.5, 0.6) is 0 Å². The highest BCUT2D eigenvalue weighted by molar-refractivity contribution is 6.29. The lowest BCUT2D eigenvalue weighted by Crippen LogP contribution is -2.22. The predicted molar refractivity (Wildman–Crippen MR) is 127 cm³/mol. The zero-order valence-electron chi connectivity index (χ0n) is 17.7. The van der Waals surface area contributed by atoms with Crippen LogP contribution in [0.25, 0.3) is 0 Å². The van der Waals surface area contributed by atoms with Gasteiger partial charge in [-0.3, -0.25) is 14.9 Å². The summed E-state index contributed by atoms with van der Waals surface area (Å²) in [4.78, 5) is 15.3. The topological polar surface area (TPSA) is 79.4 Å². The lowest BCUT2D eigenvalue weighted by molar-refractivity contribution is 0.366. The predicted octanol–water partition coefficient (Wildman–Crippen LogP) is 4.55. The fourth-order valence-electron chi connectivity index (χ4n) is 3.63. The molecule has 0 spiro atoms. The minimum Gasteiger partial charge on any atom is -0.401 e. The van der Waals surface area contributed by atoms with Crippen LogP contribution in [-0.2, 0) is 6.54 Å². The molecule has 1 aliphatic rings. The minimum atomic E-state index is -0.309. The number of hydrogen-bond acceptors (Lipinski definition) is 6. The van der Waals surface area contributed by atoms with Gasteiger partial charge in [0, 0.05) is 35.6 Å². The van der Waals surface area contributed by atoms with E-state index in [1.165, 1.54) is 12.3 Å². The number of nitrogens with zero attached hydrogens (tertiary/aromatic N) is 4. The van der Waals surface area contributed by atoms with E-state index >= 15 is 0 Å². The number of hydrogen-bond donors (Lipinski definition) is 2. The van der Waals surface area contributed by atoms with Crippen LogP contribution in [0, 0.1) is 5.82 Å². The van der Waals surface area contributed by atoms with Gasteiger partial charge in [-0.2, -0.15) is 0 Å². The van der Waals surface area contributed by atoms with Crippen LogP contribution >= 0.6 is 11.6 Å². The highest BCUT2D eigenvalue weighted by atomic mass is 35.5. The second-order valence-corrected chi connectivity index (χ2v) is 7.89. The Morgan fingerprint density at radius 3 is 2.78 bits per heavy atom. The number of halogens is 2. The second-order valence-electron chi connectivity index (χ2n) is 7.50. The van der Waals surface area contributed by atoms with Crippen molar-refractivity contribution in [2.24, 2.45) is 10.7 Å². The zero-order valence-corrected chi connectivity index (χ0v) is 18.5. The Kier molecular flexibility index (Phi) is 6.78. The van der Waals surface area contributed by atoms with Gasteiger partial charge < -0.3 is 11.1 Å². The van der Waals surface area contributed by atoms with Crippen molar-refractivity contribution in [3.63, 3.8) is 0 Å². The molecule has 0 saturated carbocycles. The van der Waals surface area contributed by atoms with E-state index in [1.807, 2.05) is 30.3 Å². The molecule has 0 unspecified atom stereocenters. The lowest BCUT2D eigenvalue weighted by atomic mass is 10.0. The van der Waals surface area contributed by atoms with E-state index in [-0.39, 0.29) is 5.82 Å². The van der Waals surface area contributed by atoms with Crippen LogP contribution < -0.4 is 11.1 Å². The summed E-state index contributed by atoms with van der Waals surface area (Å²) in [5, 5.41) is 3.50. The van der Waals surface area contributed by atoms with Crippen molar-refractivity contribution in [1.82, 2.24) is 14.9 Å². The normalized spacial score (nSPS) is 14.8. The van der Waals surface area contributed by atoms with Crippen LogP contribution in [0.15, 0.2) is 77.2 Å². The highest BCUT2D eigenvalue weighted by Crippen LogP contribution is 2.23. The summed E-state index contributed by atoms with van der Waals surface area (Å²) < 4.78 is 14.7. The number of anilines is 2. The summed E-state index contributed by atoms with van der Waals surface area (Å²) in [7, 11) is 0. The number of aromatic nitrogens is 2. The summed E-state index contributed by atoms with van der Waals surface area (Å²) >= 11 is 5.91. The summed E-state index contributed by atoms with van der Waals surface area (Å²) in [5.74, 6) is 0.241. The first-order chi connectivity index (χ1) is 15.5. The number of rotatable bonds is 7. The summed E-state index contributed by atoms with van der Waals surface area (Å²) in [6.45, 7) is 4.65. The van der Waals surface area contributed by atoms with Gasteiger partial charge >= 0.3 is 0 Å². The molecule has 3 N–H and O–H groups in total. The first kappa shape index (κ1) is 21.9. The molecule has 1 aromatic heterocycles. The molecule has 32 heavy (non-hydrogen) atoms. The molecule has 2 heterocycles. The van der Waals surface area contributed by atoms with Gasteiger partial charge in [0.2, 0.25) is 0 Å². The Hall–Kier alpha value is -3.29. The average molecular weight is 451 g/mol. The van der Waals surface area contributed by atoms with Gasteiger partial charge in [-0.25, -0.2) is 9.37 Å². The van der Waals surface area contributed by atoms with E-state index in [9.17, 15) is 4.39 Å². The summed E-state index contributed by atoms with van der Waals surface area (Å²) in [6, 6.07) is 14.5. The smallest absolute Gasteiger partial charge is 0.150 e. The Morgan fingerprint density at radius 1 is 1.19 bits per heavy atom. The largest absolute Gasteiger partial charge is 0.401 e. The first-order valence-electron chi connectivity index (χ1n) is 10.4. The van der Waals surface area contributed by atoms with E-state index in [1.54, 1.807) is 18.3 Å². The fraction of sp³-hybridized carbons (Fsp3) is 0.208. The van der Waals surface area contributed by atoms with E-state index in [4.69, 9.17) is 22.3 Å². The van der Waals surface area contributed by atoms with Crippen LogP contribution in [0.4, 0.5) is 15.9 Å². The Bertz CT molecular complexity index is 1180. The Morgan fingerprint density at radius 2 is 2.03 bits per heavy atom. The second kappa shape index (κ2) is 9.89. The van der Waals surface area contributed by atoms with E-state index in [0.717, 1.165) is 29.1 Å². The molecule has 0 amide bonds. The van der Waals surface area contributed by atoms with Crippen molar-refractivity contribution in [1.29, 1.82) is 0 Å². The first-order valence-corrected chi connectivity index (χ1v) is 10.7. The molecule has 0 radical (unpaired) electrons. The number of nitrogens with two attached hydrogens (primary N) is 1. The van der Waals surface area contributed by atoms with Gasteiger partial charge in [-0.1, -0.05) is 42.8 Å². The Labute approximate surface area is 191 Å². The molecule has 0 fully saturated rings. The average Bonchev–Trinajstić information content (AvgIpc) is 3.16. The number of benzene rings is 2. The van der Waals surface area contributed by atoms with Crippen molar-refractivity contribution >= 4 is 28.8 Å². The molecule has 6 nitrogen and oxygen atoms in total. The molecule has 0 saturated heterocycles. The van der Waals surface area contributed by atoms with Gasteiger partial charge in [0.1, 0.15) is 11.0 Å². The van der Waals surface area contributed by atoms with Gasteiger partial charge in [-0.05, 0) is 36.4 Å². The number of nitrogens with one attached hydrogen (secondary N) is 1. The van der Waals surface area contributed by atoms with Gasteiger partial charge in [-0.15, -0.1) is 0 Å². The molecule has 1 aliphatic heterocycles. The van der Waals surface area contributed by atoms with Crippen molar-refractivity contribution in [3.8, 4) is 0 Å². The molecular formula is C24H24ClFN6. The molecular weight excluding hydrogens is 427 g/mol. The zero-order chi connectivity index (χ0) is 22.5. The monoisotopic (exact) mass is 450 g/mol. The molecule has 8 heteroatoms. The molecule has 2 aromatic carbocycles. The van der Waals surface area contributed by atoms with E-state index in [2.05, 4.69) is 27.1 Å². The quantitative estimate of drug-likeness (QED) is 0.516. The maximum atomic E-state index is 14.7. The Balaban J connectivity index is 1.62. The third-order valence-corrected chi connectivity index (χ3v) is 5.43. The van der Waals surface area contributed by atoms with Crippen LogP contribution in [0.2, 0.25) is 5.15 Å². The van der Waals surface area contributed by atoms with Gasteiger partial charge in [0.05, 0.1) is 24.7 Å². The lowest BCUT2D eigenvalue weighted by Gasteiger charge is -2.14. The van der Waals surface area contributed by atoms with Gasteiger partial charge in [0.15, 0.2) is 5.82 Å². The SMILES string of the molecule is CCN1CC(N)=C(C(=NCc2cccc(Nc3cncc(Cl)n3)c2)c2ccccc2F)C1. The standard InChI is InChI=1S/C24H24ClFN6/c1-2-32-14-19(21(27)15-32)24(18-8-3-4-9-20(18)26)29-11-16-6-5-7-17(10-16)30-23-13-28-12-22(25)31-23/h3-10,12-13H,2,11,14-15,27H2,1H3,(H,30,31). The van der Waals surface area contributed by atoms with Crippen molar-refractivity contribution in [3.05, 3.63) is 94.3 Å². The fourth-order valence-corrected chi connectivity index (χ4v) is 3.78. The van der Waals surface area contributed by atoms with Crippen molar-refractivity contribution in [2.45, 2.75) is 13.5 Å². The molecule has 4 rings (SSSR count). The minimum absolute atomic E-state index is 0.309. The highest BCUT2D eigenvalue weighted by Gasteiger charge is 2.24. The van der Waals surface area contributed by atoms with Crippen molar-refractivity contribution in [2.75, 3.05) is 25.0 Å². The van der Waals surface area contributed by atoms with Crippen LogP contribution in [-0.4, -0.2) is 40.2 Å². The summed E-state index contributed by atoms with van der Waals surface area (Å²) in [5.41, 5.74) is 10.8. The summed E-state index contributed by atoms with van der Waals surface area (Å²) in [6.07, 6.45) is 3.08. The van der Waals surface area contributed by atoms with Crippen LogP contribution in [0.3, 0.4) is 0 Å². The van der Waals surface area contributed by atoms with Crippen molar-refractivity contribution < 1.29 is 4.39 Å². The molecule has 164 valence electrons. The third kappa shape index (κ3) is 5.12. The molecule has 0 atom stereocenters. The maximum Gasteiger partial charge on any atom is 0.150 e. The van der Waals surface area contributed by atoms with Crippen LogP contribution in [0.1, 0.15) is 18.1 Å². The number of aliphatic imine (C=N–C) groups is 1. The molecule has 0 aliphatic carbocycles.